The standard InChI is InChI=1S/C16H20N2O5/c1-3-10-23-12-6-4-11(5-7-12)16(2)14(21)18(15(22)17-16)9-8-13(19)20/h4-7H,3,8-10H2,1-2H3,(H,17,22)(H,19,20). The highest BCUT2D eigenvalue weighted by molar-refractivity contribution is 6.07. The van der Waals surface area contributed by atoms with E-state index in [0.717, 1.165) is 11.3 Å². The van der Waals surface area contributed by atoms with Gasteiger partial charge in [-0.3, -0.25) is 14.5 Å². The summed E-state index contributed by atoms with van der Waals surface area (Å²) in [6.45, 7) is 4.08. The molecule has 1 saturated heterocycles. The van der Waals surface area contributed by atoms with E-state index in [1.807, 2.05) is 6.92 Å². The molecule has 124 valence electrons. The number of imide groups is 1. The number of rotatable bonds is 7. The first-order valence-corrected chi connectivity index (χ1v) is 7.47. The smallest absolute Gasteiger partial charge is 0.325 e. The van der Waals surface area contributed by atoms with E-state index in [1.165, 1.54) is 0 Å². The molecule has 0 aromatic heterocycles. The summed E-state index contributed by atoms with van der Waals surface area (Å²) in [5, 5.41) is 11.3. The van der Waals surface area contributed by atoms with Crippen molar-refractivity contribution in [2.75, 3.05) is 13.2 Å². The Morgan fingerprint density at radius 3 is 2.52 bits per heavy atom. The van der Waals surface area contributed by atoms with Crippen molar-refractivity contribution in [3.8, 4) is 5.75 Å². The Hall–Kier alpha value is -2.57. The first kappa shape index (κ1) is 16.8. The molecule has 23 heavy (non-hydrogen) atoms. The van der Waals surface area contributed by atoms with E-state index < -0.39 is 23.4 Å². The fraction of sp³-hybridized carbons (Fsp3) is 0.438. The van der Waals surface area contributed by atoms with Gasteiger partial charge >= 0.3 is 12.0 Å². The number of nitrogens with zero attached hydrogens (tertiary/aromatic N) is 1. The molecule has 1 aromatic carbocycles. The van der Waals surface area contributed by atoms with Crippen molar-refractivity contribution in [2.24, 2.45) is 0 Å². The summed E-state index contributed by atoms with van der Waals surface area (Å²) >= 11 is 0. The molecule has 1 heterocycles. The summed E-state index contributed by atoms with van der Waals surface area (Å²) in [5.74, 6) is -0.818. The van der Waals surface area contributed by atoms with Crippen LogP contribution in [-0.4, -0.2) is 41.1 Å². The Bertz CT molecular complexity index is 613. The molecule has 1 unspecified atom stereocenters. The average molecular weight is 320 g/mol. The van der Waals surface area contributed by atoms with Gasteiger partial charge in [0.15, 0.2) is 0 Å². The number of carbonyl (C=O) groups excluding carboxylic acids is 2. The van der Waals surface area contributed by atoms with Crippen LogP contribution in [0.15, 0.2) is 24.3 Å². The molecule has 0 radical (unpaired) electrons. The third-order valence-corrected chi connectivity index (χ3v) is 3.73. The van der Waals surface area contributed by atoms with Crippen LogP contribution in [0.3, 0.4) is 0 Å². The van der Waals surface area contributed by atoms with Gasteiger partial charge in [-0.1, -0.05) is 19.1 Å². The lowest BCUT2D eigenvalue weighted by atomic mass is 9.92. The zero-order valence-corrected chi connectivity index (χ0v) is 13.2. The summed E-state index contributed by atoms with van der Waals surface area (Å²) in [7, 11) is 0. The SMILES string of the molecule is CCCOc1ccc(C2(C)NC(=O)N(CCC(=O)O)C2=O)cc1. The minimum Gasteiger partial charge on any atom is -0.494 e. The monoisotopic (exact) mass is 320 g/mol. The zero-order valence-electron chi connectivity index (χ0n) is 13.2. The second kappa shape index (κ2) is 6.68. The van der Waals surface area contributed by atoms with Crippen LogP contribution in [0.4, 0.5) is 4.79 Å². The molecule has 1 fully saturated rings. The molecule has 2 rings (SSSR count). The number of benzene rings is 1. The Labute approximate surface area is 134 Å². The van der Waals surface area contributed by atoms with Crippen LogP contribution in [-0.2, 0) is 15.1 Å². The highest BCUT2D eigenvalue weighted by atomic mass is 16.5. The van der Waals surface area contributed by atoms with Gasteiger partial charge in [-0.05, 0) is 31.0 Å². The number of ether oxygens (including phenoxy) is 1. The zero-order chi connectivity index (χ0) is 17.0. The van der Waals surface area contributed by atoms with Crippen molar-refractivity contribution in [3.63, 3.8) is 0 Å². The van der Waals surface area contributed by atoms with E-state index in [4.69, 9.17) is 9.84 Å². The van der Waals surface area contributed by atoms with Crippen LogP contribution in [0.2, 0.25) is 0 Å². The molecule has 1 aliphatic rings. The van der Waals surface area contributed by atoms with Crippen molar-refractivity contribution in [1.29, 1.82) is 0 Å². The molecule has 7 nitrogen and oxygen atoms in total. The summed E-state index contributed by atoms with van der Waals surface area (Å²) in [6, 6.07) is 6.36. The molecule has 1 aromatic rings. The van der Waals surface area contributed by atoms with Crippen molar-refractivity contribution >= 4 is 17.9 Å². The molecular weight excluding hydrogens is 300 g/mol. The Morgan fingerprint density at radius 1 is 1.30 bits per heavy atom. The van der Waals surface area contributed by atoms with Gasteiger partial charge in [-0.15, -0.1) is 0 Å². The lowest BCUT2D eigenvalue weighted by Crippen LogP contribution is -2.41. The molecular formula is C16H20N2O5. The maximum atomic E-state index is 12.5. The topological polar surface area (TPSA) is 95.9 Å². The molecule has 0 saturated carbocycles. The maximum absolute atomic E-state index is 12.5. The third-order valence-electron chi connectivity index (χ3n) is 3.73. The predicted octanol–water partition coefficient (Wildman–Crippen LogP) is 1.72. The minimum absolute atomic E-state index is 0.146. The van der Waals surface area contributed by atoms with E-state index in [1.54, 1.807) is 31.2 Å². The summed E-state index contributed by atoms with van der Waals surface area (Å²) in [6.07, 6.45) is 0.617. The Balaban J connectivity index is 2.16. The quantitative estimate of drug-likeness (QED) is 0.746. The van der Waals surface area contributed by atoms with E-state index in [9.17, 15) is 14.4 Å². The normalized spacial score (nSPS) is 20.5. The minimum atomic E-state index is -1.20. The number of carbonyl (C=O) groups is 3. The lowest BCUT2D eigenvalue weighted by Gasteiger charge is -2.22. The number of nitrogens with one attached hydrogen (secondary N) is 1. The van der Waals surface area contributed by atoms with E-state index >= 15 is 0 Å². The van der Waals surface area contributed by atoms with Crippen molar-refractivity contribution in [3.05, 3.63) is 29.8 Å². The average Bonchev–Trinajstić information content (AvgIpc) is 2.74. The molecule has 7 heteroatoms. The molecule has 0 aliphatic carbocycles. The summed E-state index contributed by atoms with van der Waals surface area (Å²) in [4.78, 5) is 36.1. The first-order chi connectivity index (χ1) is 10.9. The number of amides is 3. The number of aliphatic carboxylic acids is 1. The third kappa shape index (κ3) is 3.44. The number of hydrogen-bond donors (Lipinski definition) is 2. The first-order valence-electron chi connectivity index (χ1n) is 7.47. The molecule has 3 amide bonds. The van der Waals surface area contributed by atoms with Crippen LogP contribution >= 0.6 is 0 Å². The van der Waals surface area contributed by atoms with Gasteiger partial charge in [0.05, 0.1) is 13.0 Å². The fourth-order valence-electron chi connectivity index (χ4n) is 2.41. The molecule has 1 atom stereocenters. The molecule has 1 aliphatic heterocycles. The Kier molecular flexibility index (Phi) is 4.88. The largest absolute Gasteiger partial charge is 0.494 e. The van der Waals surface area contributed by atoms with E-state index in [2.05, 4.69) is 5.32 Å². The summed E-state index contributed by atoms with van der Waals surface area (Å²) in [5.41, 5.74) is -0.573. The molecule has 2 N–H and O–H groups in total. The van der Waals surface area contributed by atoms with Crippen LogP contribution in [0.5, 0.6) is 5.75 Å². The predicted molar refractivity (Wildman–Crippen MR) is 82.1 cm³/mol. The molecule has 0 bridgehead atoms. The number of carboxylic acids is 1. The van der Waals surface area contributed by atoms with Crippen LogP contribution < -0.4 is 10.1 Å². The van der Waals surface area contributed by atoms with E-state index in [0.29, 0.717) is 17.9 Å². The highest BCUT2D eigenvalue weighted by Gasteiger charge is 2.48. The van der Waals surface area contributed by atoms with Crippen molar-refractivity contribution in [1.82, 2.24) is 10.2 Å². The highest BCUT2D eigenvalue weighted by Crippen LogP contribution is 2.30. The second-order valence-corrected chi connectivity index (χ2v) is 5.53. The van der Waals surface area contributed by atoms with Gasteiger partial charge < -0.3 is 15.2 Å². The van der Waals surface area contributed by atoms with Crippen molar-refractivity contribution < 1.29 is 24.2 Å². The molecule has 0 spiro atoms. The number of carboxylic acid groups (broad SMARTS) is 1. The van der Waals surface area contributed by atoms with Crippen molar-refractivity contribution in [2.45, 2.75) is 32.2 Å². The van der Waals surface area contributed by atoms with Crippen LogP contribution in [0, 0.1) is 0 Å². The van der Waals surface area contributed by atoms with Gasteiger partial charge in [-0.25, -0.2) is 4.79 Å². The van der Waals surface area contributed by atoms with E-state index in [-0.39, 0.29) is 13.0 Å². The fourth-order valence-corrected chi connectivity index (χ4v) is 2.41. The Morgan fingerprint density at radius 2 is 1.96 bits per heavy atom. The number of urea groups is 1. The second-order valence-electron chi connectivity index (χ2n) is 5.53. The summed E-state index contributed by atoms with van der Waals surface area (Å²) < 4.78 is 5.49. The van der Waals surface area contributed by atoms with Gasteiger partial charge in [0, 0.05) is 6.54 Å². The van der Waals surface area contributed by atoms with Gasteiger partial charge in [0.2, 0.25) is 0 Å². The van der Waals surface area contributed by atoms with Gasteiger partial charge in [0.25, 0.3) is 5.91 Å². The van der Waals surface area contributed by atoms with Crippen LogP contribution in [0.25, 0.3) is 0 Å². The van der Waals surface area contributed by atoms with Gasteiger partial charge in [0.1, 0.15) is 11.3 Å². The lowest BCUT2D eigenvalue weighted by molar-refractivity contribution is -0.138. The number of hydrogen-bond acceptors (Lipinski definition) is 4. The van der Waals surface area contributed by atoms with Crippen LogP contribution in [0.1, 0.15) is 32.3 Å². The van der Waals surface area contributed by atoms with Gasteiger partial charge in [-0.2, -0.15) is 0 Å². The maximum Gasteiger partial charge on any atom is 0.325 e.